The van der Waals surface area contributed by atoms with Crippen molar-refractivity contribution in [2.75, 3.05) is 19.6 Å². The SMILES string of the molecule is CC(O)CNCCNC(=O)C1CCCC1(C)C. The van der Waals surface area contributed by atoms with Crippen LogP contribution in [0.1, 0.15) is 40.0 Å². The molecule has 1 amide bonds. The van der Waals surface area contributed by atoms with Gasteiger partial charge in [-0.15, -0.1) is 0 Å². The molecule has 4 heteroatoms. The maximum absolute atomic E-state index is 12.0. The Labute approximate surface area is 104 Å². The van der Waals surface area contributed by atoms with Gasteiger partial charge in [0.25, 0.3) is 0 Å². The fourth-order valence-electron chi connectivity index (χ4n) is 2.52. The van der Waals surface area contributed by atoms with E-state index in [0.717, 1.165) is 19.3 Å². The summed E-state index contributed by atoms with van der Waals surface area (Å²) in [5, 5.41) is 15.1. The first kappa shape index (κ1) is 14.5. The number of nitrogens with one attached hydrogen (secondary N) is 2. The molecule has 0 aliphatic heterocycles. The van der Waals surface area contributed by atoms with Crippen LogP contribution < -0.4 is 10.6 Å². The van der Waals surface area contributed by atoms with Crippen molar-refractivity contribution < 1.29 is 9.90 Å². The Kier molecular flexibility index (Phi) is 5.40. The van der Waals surface area contributed by atoms with Crippen molar-refractivity contribution in [1.82, 2.24) is 10.6 Å². The number of carbonyl (C=O) groups is 1. The Hall–Kier alpha value is -0.610. The molecule has 0 heterocycles. The summed E-state index contributed by atoms with van der Waals surface area (Å²) in [5.41, 5.74) is 0.150. The van der Waals surface area contributed by atoms with Crippen molar-refractivity contribution in [1.29, 1.82) is 0 Å². The van der Waals surface area contributed by atoms with E-state index in [4.69, 9.17) is 5.11 Å². The molecule has 17 heavy (non-hydrogen) atoms. The van der Waals surface area contributed by atoms with E-state index in [1.54, 1.807) is 6.92 Å². The summed E-state index contributed by atoms with van der Waals surface area (Å²) in [5.74, 6) is 0.352. The second kappa shape index (κ2) is 6.36. The summed E-state index contributed by atoms with van der Waals surface area (Å²) in [6.07, 6.45) is 2.98. The van der Waals surface area contributed by atoms with Gasteiger partial charge in [0, 0.05) is 25.6 Å². The summed E-state index contributed by atoms with van der Waals surface area (Å²) in [6.45, 7) is 8.02. The molecule has 4 nitrogen and oxygen atoms in total. The fraction of sp³-hybridized carbons (Fsp3) is 0.923. The highest BCUT2D eigenvalue weighted by atomic mass is 16.3. The average molecular weight is 242 g/mol. The van der Waals surface area contributed by atoms with Crippen LogP contribution in [0.2, 0.25) is 0 Å². The predicted octanol–water partition coefficient (Wildman–Crippen LogP) is 0.899. The standard InChI is InChI=1S/C13H26N2O2/c1-10(16)9-14-7-8-15-12(17)11-5-4-6-13(11,2)3/h10-11,14,16H,4-9H2,1-3H3,(H,15,17). The third kappa shape index (κ3) is 4.64. The van der Waals surface area contributed by atoms with Crippen LogP contribution in [0.5, 0.6) is 0 Å². The number of amides is 1. The Balaban J connectivity index is 2.17. The van der Waals surface area contributed by atoms with E-state index >= 15 is 0 Å². The molecule has 2 unspecified atom stereocenters. The molecule has 0 aromatic heterocycles. The molecule has 1 fully saturated rings. The number of aliphatic hydroxyl groups excluding tert-OH is 1. The van der Waals surface area contributed by atoms with Gasteiger partial charge < -0.3 is 15.7 Å². The molecule has 3 N–H and O–H groups in total. The van der Waals surface area contributed by atoms with Crippen LogP contribution in [-0.4, -0.2) is 36.8 Å². The quantitative estimate of drug-likeness (QED) is 0.606. The molecule has 0 aromatic carbocycles. The number of rotatable bonds is 6. The molecule has 0 radical (unpaired) electrons. The smallest absolute Gasteiger partial charge is 0.223 e. The lowest BCUT2D eigenvalue weighted by Gasteiger charge is -2.25. The lowest BCUT2D eigenvalue weighted by atomic mass is 9.81. The maximum Gasteiger partial charge on any atom is 0.223 e. The Bertz CT molecular complexity index is 252. The van der Waals surface area contributed by atoms with Crippen LogP contribution in [0.25, 0.3) is 0 Å². The van der Waals surface area contributed by atoms with Gasteiger partial charge in [0.05, 0.1) is 6.10 Å². The van der Waals surface area contributed by atoms with Crippen molar-refractivity contribution in [3.05, 3.63) is 0 Å². The second-order valence-electron chi connectivity index (χ2n) is 5.78. The van der Waals surface area contributed by atoms with Gasteiger partial charge in [0.2, 0.25) is 5.91 Å². The summed E-state index contributed by atoms with van der Waals surface area (Å²) in [7, 11) is 0. The van der Waals surface area contributed by atoms with Crippen LogP contribution in [-0.2, 0) is 4.79 Å². The van der Waals surface area contributed by atoms with Gasteiger partial charge in [-0.2, -0.15) is 0 Å². The van der Waals surface area contributed by atoms with E-state index < -0.39 is 0 Å². The van der Waals surface area contributed by atoms with Gasteiger partial charge in [-0.25, -0.2) is 0 Å². The number of hydrogen-bond donors (Lipinski definition) is 3. The van der Waals surface area contributed by atoms with Crippen molar-refractivity contribution in [3.63, 3.8) is 0 Å². The van der Waals surface area contributed by atoms with E-state index in [0.29, 0.717) is 19.6 Å². The van der Waals surface area contributed by atoms with Crippen molar-refractivity contribution in [3.8, 4) is 0 Å². The van der Waals surface area contributed by atoms with E-state index in [9.17, 15) is 4.79 Å². The van der Waals surface area contributed by atoms with Crippen LogP contribution in [0.15, 0.2) is 0 Å². The van der Waals surface area contributed by atoms with Crippen LogP contribution in [0.4, 0.5) is 0 Å². The molecular weight excluding hydrogens is 216 g/mol. The Morgan fingerprint density at radius 3 is 2.71 bits per heavy atom. The summed E-state index contributed by atoms with van der Waals surface area (Å²) < 4.78 is 0. The fourth-order valence-corrected chi connectivity index (χ4v) is 2.52. The first-order valence-corrected chi connectivity index (χ1v) is 6.60. The third-order valence-corrected chi connectivity index (χ3v) is 3.61. The van der Waals surface area contributed by atoms with Gasteiger partial charge in [0.15, 0.2) is 0 Å². The number of carbonyl (C=O) groups excluding carboxylic acids is 1. The zero-order valence-electron chi connectivity index (χ0n) is 11.3. The van der Waals surface area contributed by atoms with Gasteiger partial charge >= 0.3 is 0 Å². The minimum Gasteiger partial charge on any atom is -0.392 e. The minimum atomic E-state index is -0.334. The molecule has 0 saturated heterocycles. The van der Waals surface area contributed by atoms with E-state index in [1.807, 2.05) is 0 Å². The summed E-state index contributed by atoms with van der Waals surface area (Å²) in [6, 6.07) is 0. The third-order valence-electron chi connectivity index (χ3n) is 3.61. The zero-order valence-corrected chi connectivity index (χ0v) is 11.3. The van der Waals surface area contributed by atoms with Gasteiger partial charge in [-0.3, -0.25) is 4.79 Å². The van der Waals surface area contributed by atoms with Gasteiger partial charge in [-0.05, 0) is 25.2 Å². The lowest BCUT2D eigenvalue weighted by molar-refractivity contribution is -0.127. The molecule has 1 aliphatic carbocycles. The largest absolute Gasteiger partial charge is 0.392 e. The van der Waals surface area contributed by atoms with Crippen LogP contribution in [0, 0.1) is 11.3 Å². The Morgan fingerprint density at radius 1 is 1.47 bits per heavy atom. The molecule has 100 valence electrons. The van der Waals surface area contributed by atoms with Crippen LogP contribution in [0.3, 0.4) is 0 Å². The number of aliphatic hydroxyl groups is 1. The molecule has 0 aromatic rings. The zero-order chi connectivity index (χ0) is 12.9. The second-order valence-corrected chi connectivity index (χ2v) is 5.78. The minimum absolute atomic E-state index is 0.150. The normalized spacial score (nSPS) is 24.6. The van der Waals surface area contributed by atoms with E-state index in [1.165, 1.54) is 0 Å². The molecule has 1 aliphatic rings. The molecule has 1 rings (SSSR count). The van der Waals surface area contributed by atoms with Crippen molar-refractivity contribution >= 4 is 5.91 Å². The molecule has 0 bridgehead atoms. The molecular formula is C13H26N2O2. The van der Waals surface area contributed by atoms with E-state index in [2.05, 4.69) is 24.5 Å². The maximum atomic E-state index is 12.0. The van der Waals surface area contributed by atoms with Gasteiger partial charge in [-0.1, -0.05) is 20.3 Å². The molecule has 1 saturated carbocycles. The summed E-state index contributed by atoms with van der Waals surface area (Å²) in [4.78, 5) is 12.0. The first-order valence-electron chi connectivity index (χ1n) is 6.60. The van der Waals surface area contributed by atoms with E-state index in [-0.39, 0.29) is 23.3 Å². The lowest BCUT2D eigenvalue weighted by Crippen LogP contribution is -2.40. The van der Waals surface area contributed by atoms with Gasteiger partial charge in [0.1, 0.15) is 0 Å². The Morgan fingerprint density at radius 2 is 2.18 bits per heavy atom. The van der Waals surface area contributed by atoms with Crippen LogP contribution >= 0.6 is 0 Å². The highest BCUT2D eigenvalue weighted by Crippen LogP contribution is 2.42. The highest BCUT2D eigenvalue weighted by Gasteiger charge is 2.38. The summed E-state index contributed by atoms with van der Waals surface area (Å²) >= 11 is 0. The van der Waals surface area contributed by atoms with Crippen molar-refractivity contribution in [2.24, 2.45) is 11.3 Å². The first-order chi connectivity index (χ1) is 7.93. The molecule has 0 spiro atoms. The molecule has 2 atom stereocenters. The highest BCUT2D eigenvalue weighted by molar-refractivity contribution is 5.79. The van der Waals surface area contributed by atoms with Crippen molar-refractivity contribution in [2.45, 2.75) is 46.1 Å². The monoisotopic (exact) mass is 242 g/mol. The number of hydrogen-bond acceptors (Lipinski definition) is 3. The average Bonchev–Trinajstić information content (AvgIpc) is 2.57. The predicted molar refractivity (Wildman–Crippen MR) is 68.7 cm³/mol. The topological polar surface area (TPSA) is 61.4 Å².